The van der Waals surface area contributed by atoms with Gasteiger partial charge in [-0.1, -0.05) is 30.3 Å². The van der Waals surface area contributed by atoms with Crippen LogP contribution in [0.3, 0.4) is 0 Å². The van der Waals surface area contributed by atoms with E-state index in [1.165, 1.54) is 17.0 Å². The van der Waals surface area contributed by atoms with E-state index in [1.54, 1.807) is 19.1 Å². The Morgan fingerprint density at radius 3 is 2.42 bits per heavy atom. The second kappa shape index (κ2) is 9.14. The molecule has 0 aliphatic carbocycles. The molecule has 2 amide bonds. The van der Waals surface area contributed by atoms with Gasteiger partial charge in [0.2, 0.25) is 6.29 Å². The summed E-state index contributed by atoms with van der Waals surface area (Å²) in [6, 6.07) is 14.6. The van der Waals surface area contributed by atoms with E-state index in [0.29, 0.717) is 11.3 Å². The second-order valence-corrected chi connectivity index (χ2v) is 8.37. The largest absolute Gasteiger partial charge is 0.444 e. The third kappa shape index (κ3) is 5.80. The molecule has 2 atom stereocenters. The number of alkyl carbamates (subject to hydrolysis) is 1. The number of hydrogen-bond donors (Lipinski definition) is 2. The minimum atomic E-state index is -3.81. The van der Waals surface area contributed by atoms with E-state index in [1.807, 2.05) is 30.3 Å². The van der Waals surface area contributed by atoms with Crippen LogP contribution in [0, 0.1) is 5.41 Å². The molecule has 3 rings (SSSR count). The van der Waals surface area contributed by atoms with Crippen LogP contribution in [0.4, 0.5) is 15.3 Å². The van der Waals surface area contributed by atoms with Crippen molar-refractivity contribution in [3.05, 3.63) is 65.7 Å². The zero-order valence-corrected chi connectivity index (χ0v) is 17.6. The summed E-state index contributed by atoms with van der Waals surface area (Å²) in [5, 5.41) is 10.4. The number of carbonyl (C=O) groups is 2. The van der Waals surface area contributed by atoms with Crippen LogP contribution in [0.5, 0.6) is 0 Å². The van der Waals surface area contributed by atoms with Gasteiger partial charge in [-0.15, -0.1) is 0 Å². The Kier molecular flexibility index (Phi) is 6.56. The van der Waals surface area contributed by atoms with Gasteiger partial charge in [-0.2, -0.15) is 8.42 Å². The van der Waals surface area contributed by atoms with E-state index in [2.05, 4.69) is 5.32 Å². The SMILES string of the molecule is CC1C(OS(C)(=O)=O)OC(=O)N1c1ccc(C(=N)NC(=O)OCc2ccccc2)cc1. The molecule has 164 valence electrons. The molecule has 1 aliphatic rings. The summed E-state index contributed by atoms with van der Waals surface area (Å²) in [7, 11) is -3.81. The Labute approximate surface area is 179 Å². The zero-order valence-electron chi connectivity index (χ0n) is 16.8. The van der Waals surface area contributed by atoms with E-state index >= 15 is 0 Å². The summed E-state index contributed by atoms with van der Waals surface area (Å²) in [6.45, 7) is 1.66. The Balaban J connectivity index is 1.59. The van der Waals surface area contributed by atoms with Crippen molar-refractivity contribution in [3.63, 3.8) is 0 Å². The van der Waals surface area contributed by atoms with E-state index < -0.39 is 34.6 Å². The van der Waals surface area contributed by atoms with Crippen LogP contribution in [0.1, 0.15) is 18.1 Å². The molecule has 0 radical (unpaired) electrons. The number of cyclic esters (lactones) is 1. The minimum Gasteiger partial charge on any atom is -0.444 e. The summed E-state index contributed by atoms with van der Waals surface area (Å²) in [4.78, 5) is 25.3. The molecule has 2 unspecified atom stereocenters. The van der Waals surface area contributed by atoms with E-state index in [9.17, 15) is 18.0 Å². The van der Waals surface area contributed by atoms with Crippen LogP contribution in [-0.4, -0.2) is 45.0 Å². The van der Waals surface area contributed by atoms with Crippen molar-refractivity contribution in [2.45, 2.75) is 25.9 Å². The zero-order chi connectivity index (χ0) is 22.6. The Hall–Kier alpha value is -3.44. The lowest BCUT2D eigenvalue weighted by Crippen LogP contribution is -2.36. The fraction of sp³-hybridized carbons (Fsp3) is 0.250. The van der Waals surface area contributed by atoms with Crippen molar-refractivity contribution >= 4 is 33.8 Å². The van der Waals surface area contributed by atoms with Gasteiger partial charge in [0.05, 0.1) is 6.26 Å². The highest BCUT2D eigenvalue weighted by atomic mass is 32.2. The highest BCUT2D eigenvalue weighted by molar-refractivity contribution is 7.86. The fourth-order valence-corrected chi connectivity index (χ4v) is 3.42. The second-order valence-electron chi connectivity index (χ2n) is 6.77. The summed E-state index contributed by atoms with van der Waals surface area (Å²) in [5.74, 6) is -0.181. The minimum absolute atomic E-state index is 0.0740. The number of benzene rings is 2. The Bertz CT molecular complexity index is 1070. The van der Waals surface area contributed by atoms with Gasteiger partial charge < -0.3 is 9.47 Å². The van der Waals surface area contributed by atoms with Gasteiger partial charge in [0.25, 0.3) is 10.1 Å². The predicted octanol–water partition coefficient (Wildman–Crippen LogP) is 2.59. The van der Waals surface area contributed by atoms with E-state index in [0.717, 1.165) is 11.8 Å². The molecule has 2 aromatic rings. The molecule has 10 nitrogen and oxygen atoms in total. The van der Waals surface area contributed by atoms with Crippen molar-refractivity contribution in [3.8, 4) is 0 Å². The number of amidine groups is 1. The molecule has 1 saturated heterocycles. The molecule has 31 heavy (non-hydrogen) atoms. The summed E-state index contributed by atoms with van der Waals surface area (Å²) in [5.41, 5.74) is 1.61. The van der Waals surface area contributed by atoms with Gasteiger partial charge in [-0.05, 0) is 36.8 Å². The van der Waals surface area contributed by atoms with Crippen LogP contribution < -0.4 is 10.2 Å². The molecule has 11 heteroatoms. The van der Waals surface area contributed by atoms with Crippen LogP contribution in [0.2, 0.25) is 0 Å². The molecule has 0 saturated carbocycles. The molecule has 2 aromatic carbocycles. The van der Waals surface area contributed by atoms with Crippen LogP contribution >= 0.6 is 0 Å². The van der Waals surface area contributed by atoms with Gasteiger partial charge in [0, 0.05) is 11.3 Å². The molecular weight excluding hydrogens is 426 g/mol. The molecule has 0 spiro atoms. The maximum Gasteiger partial charge on any atom is 0.417 e. The number of amides is 2. The van der Waals surface area contributed by atoms with Crippen LogP contribution in [0.25, 0.3) is 0 Å². The number of ether oxygens (including phenoxy) is 2. The fourth-order valence-electron chi connectivity index (χ4n) is 2.88. The van der Waals surface area contributed by atoms with Crippen LogP contribution in [0.15, 0.2) is 54.6 Å². The van der Waals surface area contributed by atoms with Gasteiger partial charge >= 0.3 is 12.2 Å². The summed E-state index contributed by atoms with van der Waals surface area (Å²) >= 11 is 0. The number of carbonyl (C=O) groups excluding carboxylic acids is 2. The monoisotopic (exact) mass is 447 g/mol. The number of anilines is 1. The maximum absolute atomic E-state index is 12.1. The van der Waals surface area contributed by atoms with Crippen molar-refractivity contribution in [2.75, 3.05) is 11.2 Å². The van der Waals surface area contributed by atoms with Crippen LogP contribution in [-0.2, 0) is 30.4 Å². The lowest BCUT2D eigenvalue weighted by molar-refractivity contribution is -0.00471. The molecule has 0 bridgehead atoms. The average molecular weight is 447 g/mol. The predicted molar refractivity (Wildman–Crippen MR) is 111 cm³/mol. The topological polar surface area (TPSA) is 135 Å². The first-order chi connectivity index (χ1) is 14.6. The number of hydrogen-bond acceptors (Lipinski definition) is 8. The lowest BCUT2D eigenvalue weighted by Gasteiger charge is -2.20. The highest BCUT2D eigenvalue weighted by Crippen LogP contribution is 2.28. The first kappa shape index (κ1) is 22.2. The molecule has 2 N–H and O–H groups in total. The molecule has 0 aromatic heterocycles. The number of nitrogens with one attached hydrogen (secondary N) is 2. The Morgan fingerprint density at radius 1 is 1.16 bits per heavy atom. The summed E-state index contributed by atoms with van der Waals surface area (Å²) in [6.07, 6.45) is -1.92. The maximum atomic E-state index is 12.1. The molecule has 1 fully saturated rings. The lowest BCUT2D eigenvalue weighted by atomic mass is 10.1. The summed E-state index contributed by atoms with van der Waals surface area (Å²) < 4.78 is 37.5. The first-order valence-corrected chi connectivity index (χ1v) is 11.0. The normalized spacial score (nSPS) is 18.4. The number of rotatable bonds is 6. The van der Waals surface area contributed by atoms with Crippen molar-refractivity contribution < 1.29 is 31.7 Å². The first-order valence-electron chi connectivity index (χ1n) is 9.19. The number of nitrogens with zero attached hydrogens (tertiary/aromatic N) is 1. The molecule has 1 heterocycles. The quantitative estimate of drug-likeness (QED) is 0.395. The van der Waals surface area contributed by atoms with E-state index in [-0.39, 0.29) is 12.4 Å². The van der Waals surface area contributed by atoms with Gasteiger partial charge in [-0.3, -0.25) is 15.6 Å². The standard InChI is InChI=1S/C20H21N3O7S/c1-13-18(30-31(2,26)27)29-20(25)23(13)16-10-8-15(9-11-16)17(21)22-19(24)28-12-14-6-4-3-5-7-14/h3-11,13,18H,12H2,1-2H3,(H2,21,22,24). The van der Waals surface area contributed by atoms with Gasteiger partial charge in [0.1, 0.15) is 18.5 Å². The van der Waals surface area contributed by atoms with Gasteiger partial charge in [0.15, 0.2) is 0 Å². The van der Waals surface area contributed by atoms with Crippen molar-refractivity contribution in [2.24, 2.45) is 0 Å². The molecule has 1 aliphatic heterocycles. The third-order valence-corrected chi connectivity index (χ3v) is 4.90. The molecular formula is C20H21N3O7S. The average Bonchev–Trinajstić information content (AvgIpc) is 2.98. The van der Waals surface area contributed by atoms with E-state index in [4.69, 9.17) is 19.1 Å². The Morgan fingerprint density at radius 2 is 1.81 bits per heavy atom. The highest BCUT2D eigenvalue weighted by Gasteiger charge is 2.42. The third-order valence-electron chi connectivity index (χ3n) is 4.36. The van der Waals surface area contributed by atoms with Crippen molar-refractivity contribution in [1.29, 1.82) is 5.41 Å². The van der Waals surface area contributed by atoms with Gasteiger partial charge in [-0.25, -0.2) is 13.8 Å². The van der Waals surface area contributed by atoms with Crippen molar-refractivity contribution in [1.82, 2.24) is 5.32 Å². The smallest absolute Gasteiger partial charge is 0.417 e.